The molecule has 1 aliphatic heterocycles. The molecule has 3 rings (SSSR count). The van der Waals surface area contributed by atoms with Gasteiger partial charge in [0.25, 0.3) is 0 Å². The van der Waals surface area contributed by atoms with Gasteiger partial charge in [-0.3, -0.25) is 9.36 Å². The summed E-state index contributed by atoms with van der Waals surface area (Å²) >= 11 is 4.62. The lowest BCUT2D eigenvalue weighted by Gasteiger charge is -2.34. The molecule has 10 heteroatoms. The minimum Gasteiger partial charge on any atom is -0.314 e. The molecule has 1 aromatic heterocycles. The van der Waals surface area contributed by atoms with Gasteiger partial charge in [0.1, 0.15) is 16.0 Å². The molecule has 2 unspecified atom stereocenters. The van der Waals surface area contributed by atoms with Gasteiger partial charge >= 0.3 is 5.69 Å². The van der Waals surface area contributed by atoms with E-state index in [1.54, 1.807) is 36.5 Å². The molecule has 2 atom stereocenters. The summed E-state index contributed by atoms with van der Waals surface area (Å²) in [6, 6.07) is 7.68. The molecule has 1 aromatic carbocycles. The second kappa shape index (κ2) is 7.50. The molecular weight excluding hydrogens is 364 g/mol. The zero-order valence-electron chi connectivity index (χ0n) is 13.1. The van der Waals surface area contributed by atoms with Crippen LogP contribution in [0.15, 0.2) is 47.5 Å². The largest absolute Gasteiger partial charge is 0.352 e. The lowest BCUT2D eigenvalue weighted by molar-refractivity contribution is -0.133. The molecule has 2 heterocycles. The smallest absolute Gasteiger partial charge is 0.314 e. The van der Waals surface area contributed by atoms with E-state index in [-0.39, 0.29) is 11.6 Å². The van der Waals surface area contributed by atoms with Crippen molar-refractivity contribution in [3.63, 3.8) is 0 Å². The first-order valence-corrected chi connectivity index (χ1v) is 9.60. The fraction of sp³-hybridized carbons (Fsp3) is 0.267. The number of amides is 1. The van der Waals surface area contributed by atoms with E-state index in [9.17, 15) is 19.3 Å². The number of rotatable bonds is 4. The fourth-order valence-electron chi connectivity index (χ4n) is 2.77. The van der Waals surface area contributed by atoms with E-state index < -0.39 is 16.0 Å². The Morgan fingerprint density at radius 3 is 2.56 bits per heavy atom. The van der Waals surface area contributed by atoms with Crippen LogP contribution in [0.3, 0.4) is 0 Å². The van der Waals surface area contributed by atoms with E-state index in [1.165, 1.54) is 15.7 Å². The maximum Gasteiger partial charge on any atom is 0.352 e. The number of anilines is 1. The van der Waals surface area contributed by atoms with Gasteiger partial charge in [0, 0.05) is 24.6 Å². The van der Waals surface area contributed by atoms with Gasteiger partial charge < -0.3 is 14.7 Å². The minimum absolute atomic E-state index is 0.323. The van der Waals surface area contributed by atoms with E-state index in [1.807, 2.05) is 0 Å². The first-order chi connectivity index (χ1) is 12.0. The molecule has 2 N–H and O–H groups in total. The maximum atomic E-state index is 12.6. The van der Waals surface area contributed by atoms with Crippen LogP contribution in [-0.4, -0.2) is 42.3 Å². The van der Waals surface area contributed by atoms with Crippen LogP contribution in [0.4, 0.5) is 5.69 Å². The third-order valence-electron chi connectivity index (χ3n) is 3.99. The Bertz CT molecular complexity index is 855. The van der Waals surface area contributed by atoms with Gasteiger partial charge in [-0.05, 0) is 54.4 Å². The van der Waals surface area contributed by atoms with Crippen LogP contribution in [0.25, 0.3) is 5.69 Å². The Labute approximate surface area is 150 Å². The summed E-state index contributed by atoms with van der Waals surface area (Å²) in [5, 5.41) is 9.81. The highest BCUT2D eigenvalue weighted by Gasteiger charge is 2.35. The predicted octanol–water partition coefficient (Wildman–Crippen LogP) is 0.887. The molecule has 0 bridgehead atoms. The van der Waals surface area contributed by atoms with E-state index in [2.05, 4.69) is 16.2 Å². The maximum absolute atomic E-state index is 12.6. The average Bonchev–Trinajstić information content (AvgIpc) is 2.62. The Morgan fingerprint density at radius 1 is 1.24 bits per heavy atom. The highest BCUT2D eigenvalue weighted by atomic mass is 32.8. The summed E-state index contributed by atoms with van der Waals surface area (Å²) in [5.74, 6) is -0.323. The van der Waals surface area contributed by atoms with E-state index in [0.717, 1.165) is 0 Å². The number of carbonyl (C=O) groups excluding carboxylic acids is 1. The Morgan fingerprint density at radius 2 is 1.92 bits per heavy atom. The van der Waals surface area contributed by atoms with E-state index in [4.69, 9.17) is 0 Å². The quantitative estimate of drug-likeness (QED) is 0.760. The van der Waals surface area contributed by atoms with Crippen LogP contribution in [0.2, 0.25) is 0 Å². The van der Waals surface area contributed by atoms with Crippen molar-refractivity contribution in [3.05, 3.63) is 53.2 Å². The number of piperidine rings is 1. The van der Waals surface area contributed by atoms with Crippen LogP contribution in [0, 0.1) is 0 Å². The molecule has 1 amide bonds. The van der Waals surface area contributed by atoms with Crippen molar-refractivity contribution in [1.29, 1.82) is 0 Å². The number of benzene rings is 1. The van der Waals surface area contributed by atoms with Crippen molar-refractivity contribution < 1.29 is 14.6 Å². The van der Waals surface area contributed by atoms with Crippen molar-refractivity contribution >= 4 is 32.7 Å². The lowest BCUT2D eigenvalue weighted by atomic mass is 10.0. The summed E-state index contributed by atoms with van der Waals surface area (Å²) < 4.78 is 11.3. The second-order valence-corrected chi connectivity index (χ2v) is 7.20. The molecule has 25 heavy (non-hydrogen) atoms. The topological polar surface area (TPSA) is 98.9 Å². The van der Waals surface area contributed by atoms with Crippen molar-refractivity contribution in [1.82, 2.24) is 14.0 Å². The van der Waals surface area contributed by atoms with Gasteiger partial charge in [0.2, 0.25) is 5.91 Å². The van der Waals surface area contributed by atoms with Crippen LogP contribution < -0.4 is 10.6 Å². The molecule has 2 aromatic rings. The zero-order valence-corrected chi connectivity index (χ0v) is 14.7. The van der Waals surface area contributed by atoms with Gasteiger partial charge in [0.05, 0.1) is 5.69 Å². The van der Waals surface area contributed by atoms with Crippen LogP contribution >= 0.6 is 0 Å². The molecule has 132 valence electrons. The van der Waals surface area contributed by atoms with Gasteiger partial charge in [-0.2, -0.15) is 0 Å². The summed E-state index contributed by atoms with van der Waals surface area (Å²) in [6.07, 6.45) is 4.14. The summed E-state index contributed by atoms with van der Waals surface area (Å²) in [7, 11) is -1.80. The van der Waals surface area contributed by atoms with E-state index in [0.29, 0.717) is 35.2 Å². The zero-order chi connectivity index (χ0) is 18.0. The molecule has 0 radical (unpaired) electrons. The predicted molar refractivity (Wildman–Crippen MR) is 96.2 cm³/mol. The number of nitrogens with zero attached hydrogens (tertiary/aromatic N) is 4. The van der Waals surface area contributed by atoms with Gasteiger partial charge in [-0.1, -0.05) is 4.47 Å². The Hall–Kier alpha value is -1.98. The monoisotopic (exact) mass is 380 g/mol. The molecule has 1 aliphatic rings. The first-order valence-electron chi connectivity index (χ1n) is 7.53. The summed E-state index contributed by atoms with van der Waals surface area (Å²) in [5.41, 5.74) is 0.890. The van der Waals surface area contributed by atoms with Crippen LogP contribution in [0.1, 0.15) is 12.8 Å². The molecule has 0 saturated carbocycles. The van der Waals surface area contributed by atoms with Crippen LogP contribution in [-0.2, 0) is 25.9 Å². The number of hydrogen-bond donors (Lipinski definition) is 2. The summed E-state index contributed by atoms with van der Waals surface area (Å²) in [4.78, 5) is 29.6. The third kappa shape index (κ3) is 3.67. The van der Waals surface area contributed by atoms with Gasteiger partial charge in [0.15, 0.2) is 0 Å². The number of carbonyl (C=O) groups is 1. The van der Waals surface area contributed by atoms with Crippen molar-refractivity contribution in [2.24, 2.45) is 0 Å². The van der Waals surface area contributed by atoms with Gasteiger partial charge in [-0.15, -0.1) is 0 Å². The van der Waals surface area contributed by atoms with Crippen molar-refractivity contribution in [3.8, 4) is 5.69 Å². The third-order valence-corrected chi connectivity index (χ3v) is 5.02. The van der Waals surface area contributed by atoms with Crippen LogP contribution in [0.5, 0.6) is 0 Å². The van der Waals surface area contributed by atoms with Crippen molar-refractivity contribution in [2.75, 3.05) is 11.4 Å². The van der Waals surface area contributed by atoms with E-state index >= 15 is 0 Å². The fourth-order valence-corrected chi connectivity index (χ4v) is 3.50. The number of hydrogen-bond acceptors (Lipinski definition) is 5. The Kier molecular flexibility index (Phi) is 5.35. The first kappa shape index (κ1) is 17.8. The van der Waals surface area contributed by atoms with Gasteiger partial charge in [-0.25, -0.2) is 9.78 Å². The average molecular weight is 380 g/mol. The number of hydroxylamine groups is 1. The molecular formula is C15H16N4O4S2. The molecule has 0 spiro atoms. The molecule has 0 aliphatic carbocycles. The number of aromatic nitrogens is 2. The van der Waals surface area contributed by atoms with Crippen molar-refractivity contribution in [2.45, 2.75) is 18.9 Å². The SMILES string of the molecule is O=C1C(N(O)S(O)=S)CCCN1c1ccc(-n2cccnc2=O)cc1. The molecule has 1 fully saturated rings. The lowest BCUT2D eigenvalue weighted by Crippen LogP contribution is -2.51. The molecule has 8 nitrogen and oxygen atoms in total. The highest BCUT2D eigenvalue weighted by molar-refractivity contribution is 8.24. The highest BCUT2D eigenvalue weighted by Crippen LogP contribution is 2.24. The summed E-state index contributed by atoms with van der Waals surface area (Å²) in [6.45, 7) is 0.506. The molecule has 1 saturated heterocycles. The normalized spacial score (nSPS) is 19.2. The Balaban J connectivity index is 1.84. The minimum atomic E-state index is -1.80. The second-order valence-electron chi connectivity index (χ2n) is 5.47. The standard InChI is InChI=1S/C15H16N4O4S2/c20-14-13(19(22)25(23)24)3-1-9-17(14)11-4-6-12(7-5-11)18-10-2-8-16-15(18)21/h2,4-8,10,13,22H,1,3,9H2,(H,23,24).